The number of carbonyl (C=O) groups excluding carboxylic acids is 1. The van der Waals surface area contributed by atoms with Gasteiger partial charge in [0.2, 0.25) is 5.91 Å². The van der Waals surface area contributed by atoms with Crippen molar-refractivity contribution in [2.24, 2.45) is 0 Å². The average Bonchev–Trinajstić information content (AvgIpc) is 3.04. The summed E-state index contributed by atoms with van der Waals surface area (Å²) < 4.78 is 39.5. The van der Waals surface area contributed by atoms with Crippen LogP contribution in [-0.4, -0.2) is 34.2 Å². The Kier molecular flexibility index (Phi) is 2.92. The van der Waals surface area contributed by atoms with Crippen molar-refractivity contribution in [3.8, 4) is 0 Å². The standard InChI is InChI=1S/C12H19F3N2O/c1-4-8-16-10(3,5-2)9(18)17(8)11(6-7-11)12(13,14)15/h8,16H,4-7H2,1-3H3. The van der Waals surface area contributed by atoms with Crippen LogP contribution >= 0.6 is 0 Å². The fraction of sp³-hybridized carbons (Fsp3) is 0.917. The third-order valence-corrected chi connectivity index (χ3v) is 4.29. The summed E-state index contributed by atoms with van der Waals surface area (Å²) in [6, 6.07) is 0. The quantitative estimate of drug-likeness (QED) is 0.849. The molecule has 6 heteroatoms. The maximum absolute atomic E-state index is 13.2. The summed E-state index contributed by atoms with van der Waals surface area (Å²) in [7, 11) is 0. The maximum atomic E-state index is 13.2. The maximum Gasteiger partial charge on any atom is 0.411 e. The molecule has 0 bridgehead atoms. The first-order valence-electron chi connectivity index (χ1n) is 6.40. The van der Waals surface area contributed by atoms with Gasteiger partial charge in [-0.25, -0.2) is 0 Å². The molecule has 1 heterocycles. The van der Waals surface area contributed by atoms with Gasteiger partial charge in [0.15, 0.2) is 0 Å². The van der Waals surface area contributed by atoms with E-state index in [1.54, 1.807) is 13.8 Å². The van der Waals surface area contributed by atoms with E-state index in [2.05, 4.69) is 5.32 Å². The van der Waals surface area contributed by atoms with Crippen LogP contribution < -0.4 is 5.32 Å². The summed E-state index contributed by atoms with van der Waals surface area (Å²) >= 11 is 0. The van der Waals surface area contributed by atoms with Crippen LogP contribution in [0.3, 0.4) is 0 Å². The highest BCUT2D eigenvalue weighted by atomic mass is 19.4. The minimum atomic E-state index is -4.34. The molecule has 1 N–H and O–H groups in total. The van der Waals surface area contributed by atoms with Crippen LogP contribution in [0, 0.1) is 0 Å². The largest absolute Gasteiger partial charge is 0.411 e. The molecule has 18 heavy (non-hydrogen) atoms. The predicted octanol–water partition coefficient (Wildman–Crippen LogP) is 2.42. The van der Waals surface area contributed by atoms with Gasteiger partial charge in [0, 0.05) is 0 Å². The molecule has 2 unspecified atom stereocenters. The zero-order chi connectivity index (χ0) is 13.8. The lowest BCUT2D eigenvalue weighted by molar-refractivity contribution is -0.202. The Balaban J connectivity index is 2.35. The van der Waals surface area contributed by atoms with E-state index in [4.69, 9.17) is 0 Å². The SMILES string of the molecule is CCC1NC(C)(CC)C(=O)N1C1(C(F)(F)F)CC1. The van der Waals surface area contributed by atoms with Gasteiger partial charge in [-0.1, -0.05) is 13.8 Å². The molecule has 2 aliphatic rings. The molecule has 104 valence electrons. The Morgan fingerprint density at radius 3 is 2.28 bits per heavy atom. The van der Waals surface area contributed by atoms with E-state index < -0.39 is 29.3 Å². The first kappa shape index (κ1) is 13.6. The van der Waals surface area contributed by atoms with E-state index in [-0.39, 0.29) is 12.8 Å². The lowest BCUT2D eigenvalue weighted by Gasteiger charge is -2.34. The van der Waals surface area contributed by atoms with E-state index in [1.165, 1.54) is 0 Å². The number of hydrogen-bond donors (Lipinski definition) is 1. The molecule has 3 nitrogen and oxygen atoms in total. The van der Waals surface area contributed by atoms with Crippen LogP contribution in [0.15, 0.2) is 0 Å². The average molecular weight is 264 g/mol. The highest BCUT2D eigenvalue weighted by Crippen LogP contribution is 2.56. The third kappa shape index (κ3) is 1.65. The first-order chi connectivity index (χ1) is 8.22. The van der Waals surface area contributed by atoms with Gasteiger partial charge in [0.25, 0.3) is 0 Å². The second-order valence-corrected chi connectivity index (χ2v) is 5.46. The summed E-state index contributed by atoms with van der Waals surface area (Å²) in [6.45, 7) is 5.30. The van der Waals surface area contributed by atoms with E-state index >= 15 is 0 Å². The van der Waals surface area contributed by atoms with Crippen molar-refractivity contribution in [3.05, 3.63) is 0 Å². The monoisotopic (exact) mass is 264 g/mol. The first-order valence-corrected chi connectivity index (χ1v) is 6.40. The van der Waals surface area contributed by atoms with E-state index in [0.717, 1.165) is 4.90 Å². The van der Waals surface area contributed by atoms with Crippen LogP contribution in [0.2, 0.25) is 0 Å². The Labute approximate surface area is 105 Å². The van der Waals surface area contributed by atoms with Gasteiger partial charge >= 0.3 is 6.18 Å². The molecule has 1 aliphatic heterocycles. The Bertz CT molecular complexity index is 365. The Morgan fingerprint density at radius 1 is 1.39 bits per heavy atom. The number of halogens is 3. The summed E-state index contributed by atoms with van der Waals surface area (Å²) in [5.41, 5.74) is -2.77. The molecule has 2 rings (SSSR count). The van der Waals surface area contributed by atoms with Crippen LogP contribution in [0.1, 0.15) is 46.5 Å². The second-order valence-electron chi connectivity index (χ2n) is 5.46. The number of rotatable bonds is 3. The van der Waals surface area contributed by atoms with Gasteiger partial charge in [-0.05, 0) is 32.6 Å². The topological polar surface area (TPSA) is 32.3 Å². The predicted molar refractivity (Wildman–Crippen MR) is 60.8 cm³/mol. The van der Waals surface area contributed by atoms with Crippen LogP contribution in [0.5, 0.6) is 0 Å². The number of hydrogen-bond acceptors (Lipinski definition) is 2. The number of alkyl halides is 3. The number of amides is 1. The summed E-state index contributed by atoms with van der Waals surface area (Å²) in [5, 5.41) is 3.06. The third-order valence-electron chi connectivity index (χ3n) is 4.29. The van der Waals surface area contributed by atoms with Crippen molar-refractivity contribution in [1.82, 2.24) is 10.2 Å². The molecular formula is C12H19F3N2O. The lowest BCUT2D eigenvalue weighted by atomic mass is 9.98. The Morgan fingerprint density at radius 2 is 1.94 bits per heavy atom. The molecule has 2 fully saturated rings. The fourth-order valence-electron chi connectivity index (χ4n) is 2.71. The van der Waals surface area contributed by atoms with Gasteiger partial charge in [-0.15, -0.1) is 0 Å². The van der Waals surface area contributed by atoms with E-state index in [0.29, 0.717) is 12.8 Å². The van der Waals surface area contributed by atoms with Gasteiger partial charge in [-0.3, -0.25) is 10.1 Å². The smallest absolute Gasteiger partial charge is 0.311 e. The van der Waals surface area contributed by atoms with Crippen LogP contribution in [-0.2, 0) is 4.79 Å². The molecule has 0 radical (unpaired) electrons. The Hall–Kier alpha value is -0.780. The molecule has 0 spiro atoms. The van der Waals surface area contributed by atoms with Crippen molar-refractivity contribution < 1.29 is 18.0 Å². The molecule has 2 atom stereocenters. The second kappa shape index (κ2) is 3.85. The number of nitrogens with zero attached hydrogens (tertiary/aromatic N) is 1. The zero-order valence-electron chi connectivity index (χ0n) is 10.9. The number of carbonyl (C=O) groups is 1. The molecule has 1 saturated heterocycles. The van der Waals surface area contributed by atoms with Gasteiger partial charge in [0.05, 0.1) is 11.7 Å². The van der Waals surface area contributed by atoms with Crippen molar-refractivity contribution in [3.63, 3.8) is 0 Å². The van der Waals surface area contributed by atoms with Gasteiger partial charge < -0.3 is 4.90 Å². The van der Waals surface area contributed by atoms with Crippen molar-refractivity contribution in [2.45, 2.75) is 69.9 Å². The molecule has 1 aliphatic carbocycles. The van der Waals surface area contributed by atoms with Crippen LogP contribution in [0.25, 0.3) is 0 Å². The van der Waals surface area contributed by atoms with Crippen molar-refractivity contribution in [1.29, 1.82) is 0 Å². The normalized spacial score (nSPS) is 35.1. The number of nitrogens with one attached hydrogen (secondary N) is 1. The minimum Gasteiger partial charge on any atom is -0.311 e. The van der Waals surface area contributed by atoms with Crippen molar-refractivity contribution in [2.75, 3.05) is 0 Å². The van der Waals surface area contributed by atoms with E-state index in [9.17, 15) is 18.0 Å². The highest BCUT2D eigenvalue weighted by molar-refractivity contribution is 5.89. The highest BCUT2D eigenvalue weighted by Gasteiger charge is 2.71. The molecule has 1 saturated carbocycles. The summed E-state index contributed by atoms with van der Waals surface area (Å²) in [5.74, 6) is -0.410. The molecular weight excluding hydrogens is 245 g/mol. The zero-order valence-corrected chi connectivity index (χ0v) is 10.9. The molecule has 1 amide bonds. The lowest BCUT2D eigenvalue weighted by Crippen LogP contribution is -2.54. The van der Waals surface area contributed by atoms with Crippen LogP contribution in [0.4, 0.5) is 13.2 Å². The minimum absolute atomic E-state index is 0.0280. The summed E-state index contributed by atoms with van der Waals surface area (Å²) in [4.78, 5) is 13.4. The molecule has 0 aromatic heterocycles. The summed E-state index contributed by atoms with van der Waals surface area (Å²) in [6.07, 6.45) is -3.81. The molecule has 0 aromatic rings. The van der Waals surface area contributed by atoms with Crippen molar-refractivity contribution >= 4 is 5.91 Å². The fourth-order valence-corrected chi connectivity index (χ4v) is 2.71. The van der Waals surface area contributed by atoms with E-state index in [1.807, 2.05) is 6.92 Å². The molecule has 0 aromatic carbocycles. The van der Waals surface area contributed by atoms with Gasteiger partial charge in [0.1, 0.15) is 5.54 Å². The van der Waals surface area contributed by atoms with Gasteiger partial charge in [-0.2, -0.15) is 13.2 Å².